The third kappa shape index (κ3) is 4.08. The number of rotatable bonds is 4. The molecule has 0 aliphatic carbocycles. The first kappa shape index (κ1) is 19.0. The van der Waals surface area contributed by atoms with Crippen LogP contribution in [-0.4, -0.2) is 36.1 Å². The average molecular weight is 393 g/mol. The fourth-order valence-electron chi connectivity index (χ4n) is 3.67. The van der Waals surface area contributed by atoms with Crippen LogP contribution in [0, 0.1) is 19.7 Å². The minimum absolute atomic E-state index is 0.202. The molecule has 2 aromatic carbocycles. The van der Waals surface area contributed by atoms with Crippen molar-refractivity contribution in [2.75, 3.05) is 41.7 Å². The van der Waals surface area contributed by atoms with Crippen LogP contribution in [-0.2, 0) is 0 Å². The maximum absolute atomic E-state index is 14.1. The van der Waals surface area contributed by atoms with Crippen molar-refractivity contribution < 1.29 is 9.13 Å². The molecule has 1 aromatic heterocycles. The molecule has 6 nitrogen and oxygen atoms in total. The summed E-state index contributed by atoms with van der Waals surface area (Å²) in [7, 11) is 0. The highest BCUT2D eigenvalue weighted by molar-refractivity contribution is 5.69. The maximum atomic E-state index is 14.1. The van der Waals surface area contributed by atoms with Gasteiger partial charge in [0.05, 0.1) is 5.69 Å². The quantitative estimate of drug-likeness (QED) is 0.724. The number of nitrogens with two attached hydrogens (primary N) is 1. The van der Waals surface area contributed by atoms with E-state index >= 15 is 0 Å². The van der Waals surface area contributed by atoms with E-state index in [1.807, 2.05) is 36.9 Å². The summed E-state index contributed by atoms with van der Waals surface area (Å²) in [5.41, 5.74) is 9.59. The van der Waals surface area contributed by atoms with Crippen LogP contribution < -0.4 is 20.3 Å². The number of halogens is 1. The number of para-hydroxylation sites is 1. The fourth-order valence-corrected chi connectivity index (χ4v) is 3.67. The second-order valence-corrected chi connectivity index (χ2v) is 7.27. The molecule has 1 saturated heterocycles. The number of nitrogen functional groups attached to an aromatic ring is 1. The van der Waals surface area contributed by atoms with Crippen LogP contribution in [0.2, 0.25) is 0 Å². The molecule has 1 fully saturated rings. The predicted octanol–water partition coefficient (Wildman–Crippen LogP) is 3.93. The van der Waals surface area contributed by atoms with Crippen LogP contribution in [0.5, 0.6) is 11.6 Å². The van der Waals surface area contributed by atoms with E-state index in [-0.39, 0.29) is 5.82 Å². The Bertz CT molecular complexity index is 998. The van der Waals surface area contributed by atoms with Crippen LogP contribution >= 0.6 is 0 Å². The number of aromatic nitrogens is 2. The fraction of sp³-hybridized carbons (Fsp3) is 0.273. The Morgan fingerprint density at radius 2 is 1.59 bits per heavy atom. The monoisotopic (exact) mass is 393 g/mol. The van der Waals surface area contributed by atoms with E-state index in [1.54, 1.807) is 12.1 Å². The van der Waals surface area contributed by atoms with Gasteiger partial charge in [-0.05, 0) is 49.2 Å². The van der Waals surface area contributed by atoms with E-state index < -0.39 is 0 Å². The van der Waals surface area contributed by atoms with Gasteiger partial charge in [0.2, 0.25) is 5.88 Å². The van der Waals surface area contributed by atoms with Gasteiger partial charge >= 0.3 is 0 Å². The second-order valence-electron chi connectivity index (χ2n) is 7.27. The van der Waals surface area contributed by atoms with E-state index in [2.05, 4.69) is 20.9 Å². The zero-order valence-electron chi connectivity index (χ0n) is 16.6. The molecular formula is C22H24FN5O. The van der Waals surface area contributed by atoms with Gasteiger partial charge in [0.25, 0.3) is 0 Å². The molecule has 2 heterocycles. The summed E-state index contributed by atoms with van der Waals surface area (Å²) in [5, 5.41) is 0. The Morgan fingerprint density at radius 1 is 0.931 bits per heavy atom. The Balaban J connectivity index is 1.50. The average Bonchev–Trinajstić information content (AvgIpc) is 2.69. The van der Waals surface area contributed by atoms with Crippen LogP contribution in [0.4, 0.5) is 21.6 Å². The molecule has 1 aliphatic heterocycles. The summed E-state index contributed by atoms with van der Waals surface area (Å²) in [6, 6.07) is 12.8. The number of anilines is 3. The van der Waals surface area contributed by atoms with E-state index in [0.29, 0.717) is 55.0 Å². The number of piperazine rings is 1. The van der Waals surface area contributed by atoms with Gasteiger partial charge in [0, 0.05) is 26.2 Å². The summed E-state index contributed by atoms with van der Waals surface area (Å²) in [6.45, 7) is 6.75. The van der Waals surface area contributed by atoms with E-state index in [0.717, 1.165) is 11.1 Å². The van der Waals surface area contributed by atoms with Crippen LogP contribution in [0.25, 0.3) is 0 Å². The van der Waals surface area contributed by atoms with Crippen molar-refractivity contribution >= 4 is 17.2 Å². The largest absolute Gasteiger partial charge is 0.437 e. The lowest BCUT2D eigenvalue weighted by molar-refractivity contribution is 0.463. The lowest BCUT2D eigenvalue weighted by Crippen LogP contribution is -2.47. The molecule has 7 heteroatoms. The summed E-state index contributed by atoms with van der Waals surface area (Å²) in [5.74, 6) is 1.49. The summed E-state index contributed by atoms with van der Waals surface area (Å²) in [6.07, 6.45) is 1.47. The lowest BCUT2D eigenvalue weighted by Gasteiger charge is -2.37. The summed E-state index contributed by atoms with van der Waals surface area (Å²) in [4.78, 5) is 12.7. The van der Waals surface area contributed by atoms with Gasteiger partial charge in [-0.1, -0.05) is 18.2 Å². The van der Waals surface area contributed by atoms with Crippen LogP contribution in [0.1, 0.15) is 11.1 Å². The predicted molar refractivity (Wildman–Crippen MR) is 113 cm³/mol. The topological polar surface area (TPSA) is 67.5 Å². The van der Waals surface area contributed by atoms with Gasteiger partial charge < -0.3 is 20.3 Å². The molecule has 0 saturated carbocycles. The van der Waals surface area contributed by atoms with Gasteiger partial charge in [-0.25, -0.2) is 9.37 Å². The highest BCUT2D eigenvalue weighted by Gasteiger charge is 2.23. The van der Waals surface area contributed by atoms with Crippen molar-refractivity contribution in [3.05, 3.63) is 65.7 Å². The standard InChI is InChI=1S/C22H24FN5O/c1-15-11-16(2)13-17(12-15)29-22-20(24)21(25-14-26-22)28-9-7-27(8-10-28)19-6-4-3-5-18(19)23/h3-6,11-14H,7-10,24H2,1-2H3. The normalized spacial score (nSPS) is 14.2. The third-order valence-electron chi connectivity index (χ3n) is 5.01. The van der Waals surface area contributed by atoms with Crippen molar-refractivity contribution in [3.8, 4) is 11.6 Å². The van der Waals surface area contributed by atoms with Crippen LogP contribution in [0.15, 0.2) is 48.8 Å². The SMILES string of the molecule is Cc1cc(C)cc(Oc2ncnc(N3CCN(c4ccccc4F)CC3)c2N)c1. The molecule has 0 spiro atoms. The molecule has 0 amide bonds. The number of hydrogen-bond acceptors (Lipinski definition) is 6. The lowest BCUT2D eigenvalue weighted by atomic mass is 10.1. The molecule has 0 radical (unpaired) electrons. The van der Waals surface area contributed by atoms with Gasteiger partial charge in [-0.3, -0.25) is 0 Å². The molecule has 1 aliphatic rings. The maximum Gasteiger partial charge on any atom is 0.248 e. The Labute approximate surface area is 169 Å². The van der Waals surface area contributed by atoms with E-state index in [9.17, 15) is 4.39 Å². The molecule has 0 unspecified atom stereocenters. The smallest absolute Gasteiger partial charge is 0.248 e. The Hall–Kier alpha value is -3.35. The first-order valence-corrected chi connectivity index (χ1v) is 9.62. The summed E-state index contributed by atoms with van der Waals surface area (Å²) < 4.78 is 20.0. The highest BCUT2D eigenvalue weighted by Crippen LogP contribution is 2.33. The molecule has 0 atom stereocenters. The zero-order chi connectivity index (χ0) is 20.4. The molecule has 150 valence electrons. The van der Waals surface area contributed by atoms with Crippen molar-refractivity contribution in [2.45, 2.75) is 13.8 Å². The van der Waals surface area contributed by atoms with Crippen molar-refractivity contribution in [3.63, 3.8) is 0 Å². The van der Waals surface area contributed by atoms with E-state index in [4.69, 9.17) is 10.5 Å². The van der Waals surface area contributed by atoms with Crippen molar-refractivity contribution in [2.24, 2.45) is 0 Å². The number of aryl methyl sites for hydroxylation is 2. The van der Waals surface area contributed by atoms with Crippen LogP contribution in [0.3, 0.4) is 0 Å². The number of hydrogen-bond donors (Lipinski definition) is 1. The van der Waals surface area contributed by atoms with E-state index in [1.165, 1.54) is 12.4 Å². The van der Waals surface area contributed by atoms with Gasteiger partial charge in [-0.15, -0.1) is 0 Å². The molecule has 29 heavy (non-hydrogen) atoms. The minimum atomic E-state index is -0.202. The molecule has 3 aromatic rings. The first-order chi connectivity index (χ1) is 14.0. The number of benzene rings is 2. The van der Waals surface area contributed by atoms with Crippen molar-refractivity contribution in [1.82, 2.24) is 9.97 Å². The highest BCUT2D eigenvalue weighted by atomic mass is 19.1. The van der Waals surface area contributed by atoms with Crippen molar-refractivity contribution in [1.29, 1.82) is 0 Å². The first-order valence-electron chi connectivity index (χ1n) is 9.62. The molecular weight excluding hydrogens is 369 g/mol. The molecule has 0 bridgehead atoms. The Morgan fingerprint density at radius 3 is 2.28 bits per heavy atom. The molecule has 2 N–H and O–H groups in total. The minimum Gasteiger partial charge on any atom is -0.437 e. The van der Waals surface area contributed by atoms with Gasteiger partial charge in [0.1, 0.15) is 23.6 Å². The van der Waals surface area contributed by atoms with Gasteiger partial charge in [0.15, 0.2) is 5.82 Å². The van der Waals surface area contributed by atoms with Gasteiger partial charge in [-0.2, -0.15) is 4.98 Å². The summed E-state index contributed by atoms with van der Waals surface area (Å²) >= 11 is 0. The zero-order valence-corrected chi connectivity index (χ0v) is 16.6. The number of nitrogens with zero attached hydrogens (tertiary/aromatic N) is 4. The molecule has 4 rings (SSSR count). The Kier molecular flexibility index (Phi) is 5.20. The third-order valence-corrected chi connectivity index (χ3v) is 5.01. The second kappa shape index (κ2) is 7.95. The number of ether oxygens (including phenoxy) is 1.